The fourth-order valence-electron chi connectivity index (χ4n) is 4.13. The molecular weight excluding hydrogens is 284 g/mol. The summed E-state index contributed by atoms with van der Waals surface area (Å²) in [6, 6.07) is 11.0. The molecule has 4 rings (SSSR count). The molecule has 1 aromatic carbocycles. The highest BCUT2D eigenvalue weighted by molar-refractivity contribution is 5.23. The van der Waals surface area contributed by atoms with E-state index in [1.807, 2.05) is 23.1 Å². The second-order valence-electron chi connectivity index (χ2n) is 7.26. The van der Waals surface area contributed by atoms with Gasteiger partial charge in [0.15, 0.2) is 0 Å². The minimum absolute atomic E-state index is 0.554. The first-order chi connectivity index (χ1) is 11.3. The van der Waals surface area contributed by atoms with Crippen molar-refractivity contribution in [2.75, 3.05) is 26.2 Å². The van der Waals surface area contributed by atoms with Gasteiger partial charge in [-0.1, -0.05) is 24.3 Å². The minimum atomic E-state index is 0.554. The van der Waals surface area contributed by atoms with Gasteiger partial charge in [0.2, 0.25) is 0 Å². The van der Waals surface area contributed by atoms with Gasteiger partial charge in [-0.05, 0) is 55.0 Å². The largest absolute Gasteiger partial charge is 0.316 e. The van der Waals surface area contributed by atoms with Gasteiger partial charge in [-0.15, -0.1) is 0 Å². The minimum Gasteiger partial charge on any atom is -0.316 e. The Morgan fingerprint density at radius 1 is 1.09 bits per heavy atom. The number of hydrogen-bond acceptors (Lipinski definition) is 3. The third-order valence-electron chi connectivity index (χ3n) is 5.41. The van der Waals surface area contributed by atoms with Gasteiger partial charge in [0.1, 0.15) is 0 Å². The van der Waals surface area contributed by atoms with E-state index in [0.29, 0.717) is 5.41 Å². The maximum atomic E-state index is 4.27. The van der Waals surface area contributed by atoms with Crippen LogP contribution >= 0.6 is 0 Å². The van der Waals surface area contributed by atoms with E-state index in [9.17, 15) is 0 Å². The van der Waals surface area contributed by atoms with Crippen molar-refractivity contribution in [3.8, 4) is 0 Å². The molecule has 0 amide bonds. The van der Waals surface area contributed by atoms with E-state index in [1.54, 1.807) is 0 Å². The molecule has 3 heterocycles. The molecule has 0 aliphatic carbocycles. The summed E-state index contributed by atoms with van der Waals surface area (Å²) >= 11 is 0. The van der Waals surface area contributed by atoms with Crippen molar-refractivity contribution >= 4 is 0 Å². The van der Waals surface area contributed by atoms with Gasteiger partial charge in [-0.25, -0.2) is 0 Å². The van der Waals surface area contributed by atoms with Crippen LogP contribution in [0.2, 0.25) is 0 Å². The maximum absolute atomic E-state index is 4.27. The second kappa shape index (κ2) is 6.46. The number of nitrogens with zero attached hydrogens (tertiary/aromatic N) is 3. The molecule has 2 saturated heterocycles. The van der Waals surface area contributed by atoms with E-state index in [4.69, 9.17) is 0 Å². The van der Waals surface area contributed by atoms with Crippen molar-refractivity contribution in [1.29, 1.82) is 0 Å². The summed E-state index contributed by atoms with van der Waals surface area (Å²) in [5.74, 6) is 0. The molecular formula is C19H26N4. The summed E-state index contributed by atoms with van der Waals surface area (Å²) in [7, 11) is 0. The summed E-state index contributed by atoms with van der Waals surface area (Å²) in [4.78, 5) is 2.63. The maximum Gasteiger partial charge on any atom is 0.0659 e. The smallest absolute Gasteiger partial charge is 0.0659 e. The zero-order valence-corrected chi connectivity index (χ0v) is 13.7. The number of hydrogen-bond donors (Lipinski definition) is 1. The third-order valence-corrected chi connectivity index (χ3v) is 5.41. The van der Waals surface area contributed by atoms with Crippen LogP contribution in [0, 0.1) is 5.41 Å². The Hall–Kier alpha value is -1.65. The standard InChI is InChI=1S/C19H26N4/c1-7-19(15-20-9-1)8-12-22(16-19)13-17-3-5-18(6-4-17)14-23-11-2-10-21-23/h2-6,10-11,20H,1,7-9,12-16H2/t19-/m0/s1. The van der Waals surface area contributed by atoms with Gasteiger partial charge in [0.05, 0.1) is 6.54 Å². The van der Waals surface area contributed by atoms with Crippen LogP contribution in [0.25, 0.3) is 0 Å². The van der Waals surface area contributed by atoms with E-state index in [0.717, 1.165) is 13.1 Å². The molecule has 1 N–H and O–H groups in total. The number of likely N-dealkylation sites (tertiary alicyclic amines) is 1. The van der Waals surface area contributed by atoms with E-state index < -0.39 is 0 Å². The lowest BCUT2D eigenvalue weighted by Crippen LogP contribution is -2.41. The molecule has 4 nitrogen and oxygen atoms in total. The lowest BCUT2D eigenvalue weighted by Gasteiger charge is -2.34. The van der Waals surface area contributed by atoms with Gasteiger partial charge >= 0.3 is 0 Å². The molecule has 1 aromatic heterocycles. The highest BCUT2D eigenvalue weighted by atomic mass is 15.3. The Bertz CT molecular complexity index is 611. The Morgan fingerprint density at radius 3 is 2.61 bits per heavy atom. The average Bonchev–Trinajstić information content (AvgIpc) is 3.21. The quantitative estimate of drug-likeness (QED) is 0.942. The van der Waals surface area contributed by atoms with Gasteiger partial charge in [0.25, 0.3) is 0 Å². The number of piperidine rings is 1. The first kappa shape index (κ1) is 14.9. The van der Waals surface area contributed by atoms with Crippen molar-refractivity contribution in [3.63, 3.8) is 0 Å². The van der Waals surface area contributed by atoms with Crippen LogP contribution in [-0.2, 0) is 13.1 Å². The summed E-state index contributed by atoms with van der Waals surface area (Å²) in [6.45, 7) is 6.87. The SMILES string of the molecule is c1cnn(Cc2ccc(CN3CC[C@]4(CCCNC4)C3)cc2)c1. The second-order valence-corrected chi connectivity index (χ2v) is 7.26. The van der Waals surface area contributed by atoms with Crippen LogP contribution in [-0.4, -0.2) is 40.9 Å². The number of aromatic nitrogens is 2. The van der Waals surface area contributed by atoms with Gasteiger partial charge in [-0.2, -0.15) is 5.10 Å². The van der Waals surface area contributed by atoms with E-state index in [1.165, 1.54) is 56.6 Å². The lowest BCUT2D eigenvalue weighted by atomic mass is 9.80. The average molecular weight is 310 g/mol. The molecule has 2 fully saturated rings. The predicted octanol–water partition coefficient (Wildman–Crippen LogP) is 2.51. The highest BCUT2D eigenvalue weighted by Gasteiger charge is 2.38. The fourth-order valence-corrected chi connectivity index (χ4v) is 4.13. The van der Waals surface area contributed by atoms with Gasteiger partial charge in [-0.3, -0.25) is 9.58 Å². The van der Waals surface area contributed by atoms with Crippen molar-refractivity contribution in [1.82, 2.24) is 20.0 Å². The molecule has 1 atom stereocenters. The third kappa shape index (κ3) is 3.48. The van der Waals surface area contributed by atoms with E-state index in [-0.39, 0.29) is 0 Å². The van der Waals surface area contributed by atoms with Crippen molar-refractivity contribution in [2.24, 2.45) is 5.41 Å². The first-order valence-corrected chi connectivity index (χ1v) is 8.80. The van der Waals surface area contributed by atoms with Crippen LogP contribution in [0.1, 0.15) is 30.4 Å². The molecule has 4 heteroatoms. The van der Waals surface area contributed by atoms with Crippen LogP contribution < -0.4 is 5.32 Å². The van der Waals surface area contributed by atoms with Gasteiger partial charge in [0, 0.05) is 32.0 Å². The Kier molecular flexibility index (Phi) is 4.19. The zero-order valence-electron chi connectivity index (χ0n) is 13.7. The molecule has 0 bridgehead atoms. The molecule has 0 saturated carbocycles. The van der Waals surface area contributed by atoms with Gasteiger partial charge < -0.3 is 5.32 Å². The Balaban J connectivity index is 1.34. The number of nitrogens with one attached hydrogen (secondary N) is 1. The molecule has 2 aliphatic rings. The Labute approximate surface area is 138 Å². The molecule has 0 radical (unpaired) electrons. The fraction of sp³-hybridized carbons (Fsp3) is 0.526. The molecule has 2 aromatic rings. The predicted molar refractivity (Wildman–Crippen MR) is 92.2 cm³/mol. The Morgan fingerprint density at radius 2 is 1.91 bits per heavy atom. The zero-order chi connectivity index (χ0) is 15.5. The van der Waals surface area contributed by atoms with Crippen LogP contribution in [0.3, 0.4) is 0 Å². The van der Waals surface area contributed by atoms with Crippen molar-refractivity contribution in [2.45, 2.75) is 32.4 Å². The number of rotatable bonds is 4. The van der Waals surface area contributed by atoms with Crippen LogP contribution in [0.15, 0.2) is 42.7 Å². The van der Waals surface area contributed by atoms with Crippen molar-refractivity contribution < 1.29 is 0 Å². The highest BCUT2D eigenvalue weighted by Crippen LogP contribution is 2.36. The lowest BCUT2D eigenvalue weighted by molar-refractivity contribution is 0.199. The molecule has 23 heavy (non-hydrogen) atoms. The molecule has 0 unspecified atom stereocenters. The normalized spacial score (nSPS) is 25.2. The first-order valence-electron chi connectivity index (χ1n) is 8.80. The summed E-state index contributed by atoms with van der Waals surface area (Å²) < 4.78 is 1.97. The van der Waals surface area contributed by atoms with Crippen LogP contribution in [0.5, 0.6) is 0 Å². The summed E-state index contributed by atoms with van der Waals surface area (Å²) in [6.07, 6.45) is 7.94. The molecule has 2 aliphatic heterocycles. The van der Waals surface area contributed by atoms with E-state index >= 15 is 0 Å². The van der Waals surface area contributed by atoms with E-state index in [2.05, 4.69) is 39.6 Å². The number of benzene rings is 1. The molecule has 122 valence electrons. The molecule has 1 spiro atoms. The summed E-state index contributed by atoms with van der Waals surface area (Å²) in [5, 5.41) is 7.86. The topological polar surface area (TPSA) is 33.1 Å². The van der Waals surface area contributed by atoms with Crippen LogP contribution in [0.4, 0.5) is 0 Å². The van der Waals surface area contributed by atoms with Crippen molar-refractivity contribution in [3.05, 3.63) is 53.9 Å². The monoisotopic (exact) mass is 310 g/mol. The summed E-state index contributed by atoms with van der Waals surface area (Å²) in [5.41, 5.74) is 3.29.